The number of ether oxygens (including phenoxy) is 2. The van der Waals surface area contributed by atoms with Gasteiger partial charge < -0.3 is 24.6 Å². The number of fused-ring (bicyclic) bond motifs is 1. The lowest BCUT2D eigenvalue weighted by Crippen LogP contribution is -2.36. The quantitative estimate of drug-likeness (QED) is 0.525. The molecule has 2 aromatic carbocycles. The van der Waals surface area contributed by atoms with E-state index < -0.39 is 17.7 Å². The third-order valence-electron chi connectivity index (χ3n) is 5.75. The fourth-order valence-corrected chi connectivity index (χ4v) is 3.83. The van der Waals surface area contributed by atoms with Gasteiger partial charge in [0.05, 0.1) is 30.4 Å². The SMILES string of the molecule is CC(Oc1ccc(F)c(F)c1)c1cc(C(=O)NCCN(C)C)cc2ncc(N3CCOCC3)nc12. The molecule has 2 heterocycles. The summed E-state index contributed by atoms with van der Waals surface area (Å²) in [6, 6.07) is 6.79. The number of morpholine rings is 1. The maximum atomic E-state index is 13.7. The van der Waals surface area contributed by atoms with E-state index in [0.29, 0.717) is 67.4 Å². The number of anilines is 1. The van der Waals surface area contributed by atoms with Gasteiger partial charge in [-0.25, -0.2) is 13.8 Å². The molecule has 1 aliphatic heterocycles. The molecule has 186 valence electrons. The summed E-state index contributed by atoms with van der Waals surface area (Å²) in [7, 11) is 3.86. The van der Waals surface area contributed by atoms with Crippen molar-refractivity contribution >= 4 is 22.8 Å². The highest BCUT2D eigenvalue weighted by Gasteiger charge is 2.20. The van der Waals surface area contributed by atoms with Crippen LogP contribution in [-0.4, -0.2) is 74.3 Å². The lowest BCUT2D eigenvalue weighted by Gasteiger charge is -2.28. The summed E-state index contributed by atoms with van der Waals surface area (Å²) in [5.74, 6) is -1.32. The number of likely N-dealkylation sites (N-methyl/N-ethyl adjacent to an activating group) is 1. The van der Waals surface area contributed by atoms with Gasteiger partial charge in [-0.3, -0.25) is 9.78 Å². The Morgan fingerprint density at radius 1 is 1.20 bits per heavy atom. The van der Waals surface area contributed by atoms with Crippen molar-refractivity contribution in [1.82, 2.24) is 20.2 Å². The van der Waals surface area contributed by atoms with Crippen molar-refractivity contribution in [2.45, 2.75) is 13.0 Å². The third kappa shape index (κ3) is 6.01. The van der Waals surface area contributed by atoms with Crippen LogP contribution in [0.15, 0.2) is 36.5 Å². The van der Waals surface area contributed by atoms with Gasteiger partial charge >= 0.3 is 0 Å². The number of halogens is 2. The van der Waals surface area contributed by atoms with Crippen molar-refractivity contribution in [3.63, 3.8) is 0 Å². The molecule has 1 fully saturated rings. The zero-order valence-electron chi connectivity index (χ0n) is 20.1. The van der Waals surface area contributed by atoms with Gasteiger partial charge in [0.25, 0.3) is 5.91 Å². The third-order valence-corrected chi connectivity index (χ3v) is 5.75. The molecular weight excluding hydrogens is 456 g/mol. The normalized spacial score (nSPS) is 14.9. The summed E-state index contributed by atoms with van der Waals surface area (Å²) in [5, 5.41) is 2.90. The van der Waals surface area contributed by atoms with Crippen molar-refractivity contribution in [3.05, 3.63) is 59.3 Å². The van der Waals surface area contributed by atoms with Crippen LogP contribution in [0, 0.1) is 11.6 Å². The molecule has 1 N–H and O–H groups in total. The van der Waals surface area contributed by atoms with Crippen molar-refractivity contribution in [2.24, 2.45) is 0 Å². The molecule has 1 unspecified atom stereocenters. The van der Waals surface area contributed by atoms with Crippen LogP contribution >= 0.6 is 0 Å². The van der Waals surface area contributed by atoms with Crippen molar-refractivity contribution in [3.8, 4) is 5.75 Å². The van der Waals surface area contributed by atoms with Crippen molar-refractivity contribution in [2.75, 3.05) is 58.4 Å². The monoisotopic (exact) mass is 485 g/mol. The first-order chi connectivity index (χ1) is 16.8. The summed E-state index contributed by atoms with van der Waals surface area (Å²) in [5.41, 5.74) is 2.15. The molecule has 0 bridgehead atoms. The molecule has 8 nitrogen and oxygen atoms in total. The Morgan fingerprint density at radius 2 is 1.97 bits per heavy atom. The fraction of sp³-hybridized carbons (Fsp3) is 0.400. The summed E-state index contributed by atoms with van der Waals surface area (Å²) < 4.78 is 38.5. The summed E-state index contributed by atoms with van der Waals surface area (Å²) in [6.45, 7) is 5.56. The molecule has 10 heteroatoms. The molecule has 1 aromatic heterocycles. The largest absolute Gasteiger partial charge is 0.486 e. The van der Waals surface area contributed by atoms with Gasteiger partial charge in [0, 0.05) is 43.4 Å². The molecule has 1 atom stereocenters. The molecule has 1 amide bonds. The molecule has 0 aliphatic carbocycles. The lowest BCUT2D eigenvalue weighted by molar-refractivity contribution is 0.0951. The Bertz CT molecular complexity index is 1200. The molecule has 35 heavy (non-hydrogen) atoms. The Labute approximate surface area is 202 Å². The first-order valence-electron chi connectivity index (χ1n) is 11.5. The van der Waals surface area contributed by atoms with Gasteiger partial charge in [-0.05, 0) is 45.3 Å². The number of aromatic nitrogens is 2. The van der Waals surface area contributed by atoms with Gasteiger partial charge in [-0.2, -0.15) is 0 Å². The zero-order valence-corrected chi connectivity index (χ0v) is 20.1. The Kier molecular flexibility index (Phi) is 7.72. The second kappa shape index (κ2) is 10.9. The number of carbonyl (C=O) groups is 1. The number of amides is 1. The van der Waals surface area contributed by atoms with Crippen LogP contribution in [-0.2, 0) is 4.74 Å². The molecule has 0 spiro atoms. The highest BCUT2D eigenvalue weighted by molar-refractivity contribution is 5.98. The fourth-order valence-electron chi connectivity index (χ4n) is 3.83. The zero-order chi connectivity index (χ0) is 24.9. The number of nitrogens with one attached hydrogen (secondary N) is 1. The summed E-state index contributed by atoms with van der Waals surface area (Å²) in [4.78, 5) is 26.3. The Hall–Kier alpha value is -3.37. The number of hydrogen-bond acceptors (Lipinski definition) is 7. The standard InChI is InChI=1S/C25H29F2N5O3/c1-16(35-18-4-5-20(26)21(27)14-18)19-12-17(25(33)28-6-7-31(2)3)13-22-24(19)30-23(15-29-22)32-8-10-34-11-9-32/h4-5,12-16H,6-11H2,1-3H3,(H,28,33). The first kappa shape index (κ1) is 24.7. The maximum Gasteiger partial charge on any atom is 0.251 e. The van der Waals surface area contributed by atoms with E-state index in [2.05, 4.69) is 15.2 Å². The van der Waals surface area contributed by atoms with Crippen LogP contribution in [0.5, 0.6) is 5.75 Å². The average Bonchev–Trinajstić information content (AvgIpc) is 2.85. The minimum atomic E-state index is -0.997. The summed E-state index contributed by atoms with van der Waals surface area (Å²) >= 11 is 0. The van der Waals surface area contributed by atoms with Crippen LogP contribution in [0.2, 0.25) is 0 Å². The van der Waals surface area contributed by atoms with E-state index >= 15 is 0 Å². The summed E-state index contributed by atoms with van der Waals surface area (Å²) in [6.07, 6.45) is 1.07. The van der Waals surface area contributed by atoms with E-state index in [1.165, 1.54) is 6.07 Å². The number of nitrogens with zero attached hydrogens (tertiary/aromatic N) is 4. The molecule has 0 radical (unpaired) electrons. The lowest BCUT2D eigenvalue weighted by atomic mass is 10.0. The number of carbonyl (C=O) groups excluding carboxylic acids is 1. The van der Waals surface area contributed by atoms with Crippen LogP contribution in [0.25, 0.3) is 11.0 Å². The van der Waals surface area contributed by atoms with Gasteiger partial charge in [-0.1, -0.05) is 0 Å². The first-order valence-corrected chi connectivity index (χ1v) is 11.5. The van der Waals surface area contributed by atoms with E-state index in [9.17, 15) is 13.6 Å². The van der Waals surface area contributed by atoms with Crippen molar-refractivity contribution < 1.29 is 23.0 Å². The average molecular weight is 486 g/mol. The molecular formula is C25H29F2N5O3. The highest BCUT2D eigenvalue weighted by Crippen LogP contribution is 2.30. The second-order valence-electron chi connectivity index (χ2n) is 8.66. The topological polar surface area (TPSA) is 79.8 Å². The van der Waals surface area contributed by atoms with Crippen LogP contribution in [0.1, 0.15) is 28.9 Å². The smallest absolute Gasteiger partial charge is 0.251 e. The van der Waals surface area contributed by atoms with E-state index in [4.69, 9.17) is 14.5 Å². The number of rotatable bonds is 8. The number of hydrogen-bond donors (Lipinski definition) is 1. The predicted octanol–water partition coefficient (Wildman–Crippen LogP) is 3.18. The Balaban J connectivity index is 1.70. The van der Waals surface area contributed by atoms with Gasteiger partial charge in [-0.15, -0.1) is 0 Å². The van der Waals surface area contributed by atoms with Gasteiger partial charge in [0.15, 0.2) is 11.6 Å². The molecule has 3 aromatic rings. The minimum Gasteiger partial charge on any atom is -0.486 e. The van der Waals surface area contributed by atoms with Crippen molar-refractivity contribution in [1.29, 1.82) is 0 Å². The van der Waals surface area contributed by atoms with Crippen LogP contribution < -0.4 is 15.0 Å². The molecule has 1 saturated heterocycles. The molecule has 4 rings (SSSR count). The maximum absolute atomic E-state index is 13.7. The van der Waals surface area contributed by atoms with E-state index in [1.54, 1.807) is 25.3 Å². The highest BCUT2D eigenvalue weighted by atomic mass is 19.2. The molecule has 0 saturated carbocycles. The van der Waals surface area contributed by atoms with E-state index in [-0.39, 0.29) is 11.7 Å². The van der Waals surface area contributed by atoms with Crippen LogP contribution in [0.4, 0.5) is 14.6 Å². The van der Waals surface area contributed by atoms with Gasteiger partial charge in [0.2, 0.25) is 0 Å². The second-order valence-corrected chi connectivity index (χ2v) is 8.66. The Morgan fingerprint density at radius 3 is 2.69 bits per heavy atom. The number of benzene rings is 2. The van der Waals surface area contributed by atoms with E-state index in [1.807, 2.05) is 19.0 Å². The van der Waals surface area contributed by atoms with E-state index in [0.717, 1.165) is 12.1 Å². The minimum absolute atomic E-state index is 0.169. The molecule has 1 aliphatic rings. The van der Waals surface area contributed by atoms with Gasteiger partial charge in [0.1, 0.15) is 17.7 Å². The predicted molar refractivity (Wildman–Crippen MR) is 129 cm³/mol. The van der Waals surface area contributed by atoms with Crippen LogP contribution in [0.3, 0.4) is 0 Å².